The maximum Gasteiger partial charge on any atom is 0.126 e. The summed E-state index contributed by atoms with van der Waals surface area (Å²) in [7, 11) is 3.32. The molecular weight excluding hydrogens is 248 g/mol. The normalized spacial score (nSPS) is 11.1. The van der Waals surface area contributed by atoms with Crippen molar-refractivity contribution in [3.05, 3.63) is 71.8 Å². The highest BCUT2D eigenvalue weighted by molar-refractivity contribution is 5.62. The van der Waals surface area contributed by atoms with Crippen molar-refractivity contribution in [2.75, 3.05) is 14.2 Å². The summed E-state index contributed by atoms with van der Waals surface area (Å²) in [6.45, 7) is 0. The number of benzene rings is 2. The van der Waals surface area contributed by atoms with E-state index in [0.29, 0.717) is 0 Å². The molecule has 0 spiro atoms. The molecule has 2 aromatic rings. The van der Waals surface area contributed by atoms with Crippen LogP contribution in [0.25, 0.3) is 12.2 Å². The van der Waals surface area contributed by atoms with E-state index in [1.165, 1.54) is 5.56 Å². The molecule has 0 N–H and O–H groups in total. The average molecular weight is 266 g/mol. The van der Waals surface area contributed by atoms with Crippen LogP contribution in [0.3, 0.4) is 0 Å². The predicted molar refractivity (Wildman–Crippen MR) is 84.1 cm³/mol. The Morgan fingerprint density at radius 1 is 0.800 bits per heavy atom. The van der Waals surface area contributed by atoms with Crippen molar-refractivity contribution >= 4 is 12.2 Å². The van der Waals surface area contributed by atoms with Crippen molar-refractivity contribution < 1.29 is 9.47 Å². The Hall–Kier alpha value is -2.48. The monoisotopic (exact) mass is 266 g/mol. The molecule has 2 nitrogen and oxygen atoms in total. The molecule has 0 aliphatic heterocycles. The quantitative estimate of drug-likeness (QED) is 0.745. The first-order chi connectivity index (χ1) is 9.83. The molecule has 0 aliphatic carbocycles. The Bertz CT molecular complexity index is 598. The van der Waals surface area contributed by atoms with Crippen LogP contribution in [0.4, 0.5) is 0 Å². The van der Waals surface area contributed by atoms with Crippen LogP contribution < -0.4 is 9.47 Å². The fourth-order valence-corrected chi connectivity index (χ4v) is 1.86. The van der Waals surface area contributed by atoms with Gasteiger partial charge in [-0.15, -0.1) is 0 Å². The second kappa shape index (κ2) is 7.19. The Balaban J connectivity index is 2.12. The highest BCUT2D eigenvalue weighted by atomic mass is 16.5. The summed E-state index contributed by atoms with van der Waals surface area (Å²) in [4.78, 5) is 0. The minimum Gasteiger partial charge on any atom is -0.497 e. The van der Waals surface area contributed by atoms with Crippen molar-refractivity contribution in [2.24, 2.45) is 0 Å². The zero-order valence-electron chi connectivity index (χ0n) is 11.7. The Morgan fingerprint density at radius 2 is 1.55 bits per heavy atom. The van der Waals surface area contributed by atoms with Crippen LogP contribution in [0.5, 0.6) is 11.5 Å². The van der Waals surface area contributed by atoms with Crippen LogP contribution in [0.1, 0.15) is 11.1 Å². The maximum absolute atomic E-state index is 5.33. The van der Waals surface area contributed by atoms with Crippen LogP contribution >= 0.6 is 0 Å². The van der Waals surface area contributed by atoms with Gasteiger partial charge in [-0.3, -0.25) is 0 Å². The molecule has 2 rings (SSSR count). The summed E-state index contributed by atoms with van der Waals surface area (Å²) in [6.07, 6.45) is 8.06. The molecule has 0 saturated heterocycles. The Morgan fingerprint density at radius 3 is 2.25 bits per heavy atom. The lowest BCUT2D eigenvalue weighted by Gasteiger charge is -2.06. The van der Waals surface area contributed by atoms with Gasteiger partial charge in [-0.1, -0.05) is 54.6 Å². The van der Waals surface area contributed by atoms with Gasteiger partial charge < -0.3 is 9.47 Å². The van der Waals surface area contributed by atoms with Gasteiger partial charge in [0.15, 0.2) is 0 Å². The fourth-order valence-electron chi connectivity index (χ4n) is 1.86. The predicted octanol–water partition coefficient (Wildman–Crippen LogP) is 4.43. The van der Waals surface area contributed by atoms with Crippen LogP contribution in [0.15, 0.2) is 60.7 Å². The van der Waals surface area contributed by atoms with Gasteiger partial charge in [0.05, 0.1) is 14.2 Å². The number of rotatable bonds is 5. The van der Waals surface area contributed by atoms with Gasteiger partial charge >= 0.3 is 0 Å². The zero-order chi connectivity index (χ0) is 14.2. The van der Waals surface area contributed by atoms with E-state index in [-0.39, 0.29) is 0 Å². The highest BCUT2D eigenvalue weighted by Crippen LogP contribution is 2.25. The Kier molecular flexibility index (Phi) is 5.01. The first kappa shape index (κ1) is 13.9. The lowest BCUT2D eigenvalue weighted by Crippen LogP contribution is -1.89. The number of methoxy groups -OCH3 is 2. The first-order valence-electron chi connectivity index (χ1n) is 6.45. The lowest BCUT2D eigenvalue weighted by molar-refractivity contribution is 0.402. The summed E-state index contributed by atoms with van der Waals surface area (Å²) >= 11 is 0. The van der Waals surface area contributed by atoms with Crippen molar-refractivity contribution in [1.29, 1.82) is 0 Å². The third-order valence-corrected chi connectivity index (χ3v) is 2.91. The molecule has 0 fully saturated rings. The third-order valence-electron chi connectivity index (χ3n) is 2.91. The molecule has 102 valence electrons. The molecule has 0 aliphatic rings. The van der Waals surface area contributed by atoms with Crippen molar-refractivity contribution in [1.82, 2.24) is 0 Å². The van der Waals surface area contributed by atoms with Gasteiger partial charge in [0.25, 0.3) is 0 Å². The molecule has 0 amide bonds. The standard InChI is InChI=1S/C18H18O2/c1-19-17-12-13-18(20-2)16(14-17)11-7-6-10-15-8-4-3-5-9-15/h3-14H,1-2H3/b10-6+,11-7+. The molecule has 20 heavy (non-hydrogen) atoms. The smallest absolute Gasteiger partial charge is 0.126 e. The van der Waals surface area contributed by atoms with Gasteiger partial charge in [0, 0.05) is 5.56 Å². The fraction of sp³-hybridized carbons (Fsp3) is 0.111. The Labute approximate surface area is 120 Å². The van der Waals surface area contributed by atoms with Gasteiger partial charge in [-0.2, -0.15) is 0 Å². The molecule has 0 heterocycles. The summed E-state index contributed by atoms with van der Waals surface area (Å²) in [5.74, 6) is 1.65. The lowest BCUT2D eigenvalue weighted by atomic mass is 10.1. The molecular formula is C18H18O2. The van der Waals surface area contributed by atoms with Crippen molar-refractivity contribution in [2.45, 2.75) is 0 Å². The minimum absolute atomic E-state index is 0.817. The number of ether oxygens (including phenoxy) is 2. The second-order valence-corrected chi connectivity index (χ2v) is 4.24. The molecule has 2 aromatic carbocycles. The third kappa shape index (κ3) is 3.75. The first-order valence-corrected chi connectivity index (χ1v) is 6.45. The van der Waals surface area contributed by atoms with Crippen LogP contribution in [0, 0.1) is 0 Å². The second-order valence-electron chi connectivity index (χ2n) is 4.24. The summed E-state index contributed by atoms with van der Waals surface area (Å²) < 4.78 is 10.6. The molecule has 0 atom stereocenters. The molecule has 2 heteroatoms. The minimum atomic E-state index is 0.817. The SMILES string of the molecule is COc1ccc(OC)c(/C=C/C=C/c2ccccc2)c1. The molecule has 0 aromatic heterocycles. The molecule has 0 radical (unpaired) electrons. The van der Waals surface area contributed by atoms with Crippen LogP contribution in [0.2, 0.25) is 0 Å². The number of hydrogen-bond acceptors (Lipinski definition) is 2. The van der Waals surface area contributed by atoms with E-state index in [9.17, 15) is 0 Å². The van der Waals surface area contributed by atoms with E-state index in [1.54, 1.807) is 14.2 Å². The topological polar surface area (TPSA) is 18.5 Å². The van der Waals surface area contributed by atoms with Crippen LogP contribution in [-0.4, -0.2) is 14.2 Å². The summed E-state index contributed by atoms with van der Waals surface area (Å²) in [6, 6.07) is 15.9. The van der Waals surface area contributed by atoms with E-state index in [4.69, 9.17) is 9.47 Å². The average Bonchev–Trinajstić information content (AvgIpc) is 2.52. The van der Waals surface area contributed by atoms with Gasteiger partial charge in [0.2, 0.25) is 0 Å². The van der Waals surface area contributed by atoms with E-state index in [1.807, 2.05) is 54.6 Å². The van der Waals surface area contributed by atoms with E-state index in [0.717, 1.165) is 17.1 Å². The van der Waals surface area contributed by atoms with E-state index < -0.39 is 0 Å². The largest absolute Gasteiger partial charge is 0.497 e. The van der Waals surface area contributed by atoms with Crippen molar-refractivity contribution in [3.63, 3.8) is 0 Å². The number of hydrogen-bond donors (Lipinski definition) is 0. The summed E-state index contributed by atoms with van der Waals surface area (Å²) in [5, 5.41) is 0. The van der Waals surface area contributed by atoms with E-state index in [2.05, 4.69) is 18.2 Å². The van der Waals surface area contributed by atoms with Crippen LogP contribution in [-0.2, 0) is 0 Å². The van der Waals surface area contributed by atoms with Gasteiger partial charge in [-0.25, -0.2) is 0 Å². The molecule has 0 saturated carbocycles. The molecule has 0 unspecified atom stereocenters. The maximum atomic E-state index is 5.33. The highest BCUT2D eigenvalue weighted by Gasteiger charge is 2.00. The van der Waals surface area contributed by atoms with Gasteiger partial charge in [-0.05, 0) is 23.8 Å². The zero-order valence-corrected chi connectivity index (χ0v) is 11.7. The van der Waals surface area contributed by atoms with Crippen molar-refractivity contribution in [3.8, 4) is 11.5 Å². The van der Waals surface area contributed by atoms with Gasteiger partial charge in [0.1, 0.15) is 11.5 Å². The van der Waals surface area contributed by atoms with E-state index >= 15 is 0 Å². The summed E-state index contributed by atoms with van der Waals surface area (Å²) in [5.41, 5.74) is 2.17. The molecule has 0 bridgehead atoms. The number of allylic oxidation sites excluding steroid dienone is 2.